The Labute approximate surface area is 151 Å². The van der Waals surface area contributed by atoms with Crippen LogP contribution in [0.4, 0.5) is 10.5 Å². The minimum absolute atomic E-state index is 0.187. The first-order valence-electron chi connectivity index (χ1n) is 7.62. The second kappa shape index (κ2) is 10.3. The number of esters is 1. The van der Waals surface area contributed by atoms with Gasteiger partial charge in [0.1, 0.15) is 11.6 Å². The van der Waals surface area contributed by atoms with Gasteiger partial charge in [0, 0.05) is 26.3 Å². The van der Waals surface area contributed by atoms with Gasteiger partial charge in [-0.25, -0.2) is 9.59 Å². The van der Waals surface area contributed by atoms with Crippen molar-refractivity contribution in [3.8, 4) is 6.07 Å². The molecule has 0 atom stereocenters. The molecular formula is C18H20N4O4. The van der Waals surface area contributed by atoms with Crippen molar-refractivity contribution in [3.05, 3.63) is 48.1 Å². The van der Waals surface area contributed by atoms with Crippen LogP contribution in [0.2, 0.25) is 0 Å². The first kappa shape index (κ1) is 20.4. The number of amides is 3. The van der Waals surface area contributed by atoms with E-state index in [2.05, 4.69) is 11.9 Å². The van der Waals surface area contributed by atoms with E-state index in [1.54, 1.807) is 18.2 Å². The molecule has 0 bridgehead atoms. The van der Waals surface area contributed by atoms with Gasteiger partial charge in [0.05, 0.1) is 0 Å². The Morgan fingerprint density at radius 2 is 1.92 bits per heavy atom. The summed E-state index contributed by atoms with van der Waals surface area (Å²) in [4.78, 5) is 36.6. The van der Waals surface area contributed by atoms with Gasteiger partial charge in [0.25, 0.3) is 5.91 Å². The molecule has 0 radical (unpaired) electrons. The summed E-state index contributed by atoms with van der Waals surface area (Å²) in [6.45, 7) is 2.92. The molecule has 0 aliphatic carbocycles. The Hall–Kier alpha value is -3.60. The fourth-order valence-electron chi connectivity index (χ4n) is 1.75. The van der Waals surface area contributed by atoms with E-state index < -0.39 is 24.5 Å². The summed E-state index contributed by atoms with van der Waals surface area (Å²) in [7, 11) is 3.79. The SMILES string of the molecule is C=CCNC(=O)NC(=O)COC(=O)C(C#N)=Cc1ccc(N(C)C)cc1. The quantitative estimate of drug-likeness (QED) is 0.329. The number of hydrogen-bond donors (Lipinski definition) is 2. The molecule has 0 aromatic heterocycles. The monoisotopic (exact) mass is 356 g/mol. The van der Waals surface area contributed by atoms with E-state index in [1.165, 1.54) is 12.2 Å². The number of carbonyl (C=O) groups excluding carboxylic acids is 3. The largest absolute Gasteiger partial charge is 0.451 e. The van der Waals surface area contributed by atoms with Crippen LogP contribution in [0.3, 0.4) is 0 Å². The molecule has 3 amide bonds. The minimum Gasteiger partial charge on any atom is -0.451 e. The number of nitrogens with zero attached hydrogens (tertiary/aromatic N) is 2. The summed E-state index contributed by atoms with van der Waals surface area (Å²) in [6, 6.07) is 8.16. The molecule has 26 heavy (non-hydrogen) atoms. The number of nitriles is 1. The van der Waals surface area contributed by atoms with Crippen LogP contribution in [0.5, 0.6) is 0 Å². The molecule has 0 aliphatic heterocycles. The molecule has 2 N–H and O–H groups in total. The molecule has 1 aromatic rings. The minimum atomic E-state index is -0.953. The van der Waals surface area contributed by atoms with Crippen LogP contribution in [0.15, 0.2) is 42.5 Å². The van der Waals surface area contributed by atoms with Gasteiger partial charge in [-0.3, -0.25) is 10.1 Å². The molecule has 0 aliphatic rings. The zero-order valence-corrected chi connectivity index (χ0v) is 14.6. The molecule has 1 rings (SSSR count). The van der Waals surface area contributed by atoms with Gasteiger partial charge in [-0.2, -0.15) is 5.26 Å². The van der Waals surface area contributed by atoms with Gasteiger partial charge in [0.2, 0.25) is 0 Å². The van der Waals surface area contributed by atoms with Crippen LogP contribution in [0, 0.1) is 11.3 Å². The van der Waals surface area contributed by atoms with E-state index in [0.29, 0.717) is 5.56 Å². The molecule has 0 saturated carbocycles. The number of benzene rings is 1. The Bertz CT molecular complexity index is 745. The topological polar surface area (TPSA) is 112 Å². The maximum absolute atomic E-state index is 11.9. The van der Waals surface area contributed by atoms with E-state index in [0.717, 1.165) is 5.69 Å². The third-order valence-electron chi connectivity index (χ3n) is 3.06. The Morgan fingerprint density at radius 1 is 1.27 bits per heavy atom. The van der Waals surface area contributed by atoms with Gasteiger partial charge in [-0.1, -0.05) is 18.2 Å². The number of rotatable bonds is 7. The first-order chi connectivity index (χ1) is 12.4. The highest BCUT2D eigenvalue weighted by molar-refractivity contribution is 6.00. The van der Waals surface area contributed by atoms with Crippen molar-refractivity contribution in [3.63, 3.8) is 0 Å². The second-order valence-electron chi connectivity index (χ2n) is 5.28. The molecule has 0 saturated heterocycles. The molecule has 1 aromatic carbocycles. The van der Waals surface area contributed by atoms with Crippen LogP contribution in [0.25, 0.3) is 6.08 Å². The van der Waals surface area contributed by atoms with Crippen LogP contribution in [0.1, 0.15) is 5.56 Å². The zero-order chi connectivity index (χ0) is 19.5. The van der Waals surface area contributed by atoms with Crippen molar-refractivity contribution in [2.45, 2.75) is 0 Å². The number of urea groups is 1. The van der Waals surface area contributed by atoms with Gasteiger partial charge < -0.3 is 15.0 Å². The molecule has 0 unspecified atom stereocenters. The van der Waals surface area contributed by atoms with Crippen molar-refractivity contribution in [2.24, 2.45) is 0 Å². The lowest BCUT2D eigenvalue weighted by Gasteiger charge is -2.11. The van der Waals surface area contributed by atoms with Gasteiger partial charge in [0.15, 0.2) is 6.61 Å². The van der Waals surface area contributed by atoms with E-state index in [4.69, 9.17) is 10.00 Å². The molecule has 0 fully saturated rings. The highest BCUT2D eigenvalue weighted by atomic mass is 16.5. The summed E-state index contributed by atoms with van der Waals surface area (Å²) in [5.74, 6) is -1.77. The first-order valence-corrected chi connectivity index (χ1v) is 7.62. The molecule has 8 heteroatoms. The van der Waals surface area contributed by atoms with E-state index in [-0.39, 0.29) is 12.1 Å². The van der Waals surface area contributed by atoms with Crippen LogP contribution in [-0.4, -0.2) is 45.2 Å². The number of carbonyl (C=O) groups is 3. The predicted octanol–water partition coefficient (Wildman–Crippen LogP) is 1.21. The lowest BCUT2D eigenvalue weighted by molar-refractivity contribution is -0.144. The molecule has 136 valence electrons. The third-order valence-corrected chi connectivity index (χ3v) is 3.06. The lowest BCUT2D eigenvalue weighted by Crippen LogP contribution is -2.41. The summed E-state index contributed by atoms with van der Waals surface area (Å²) < 4.78 is 4.75. The summed E-state index contributed by atoms with van der Waals surface area (Å²) in [5.41, 5.74) is 1.35. The fourth-order valence-corrected chi connectivity index (χ4v) is 1.75. The molecule has 0 heterocycles. The van der Waals surface area contributed by atoms with E-state index in [1.807, 2.05) is 36.4 Å². The van der Waals surface area contributed by atoms with Crippen molar-refractivity contribution >= 4 is 29.7 Å². The smallest absolute Gasteiger partial charge is 0.349 e. The highest BCUT2D eigenvalue weighted by Crippen LogP contribution is 2.15. The predicted molar refractivity (Wildman–Crippen MR) is 97.1 cm³/mol. The lowest BCUT2D eigenvalue weighted by atomic mass is 10.1. The van der Waals surface area contributed by atoms with Crippen molar-refractivity contribution in [1.29, 1.82) is 5.26 Å². The number of ether oxygens (including phenoxy) is 1. The standard InChI is InChI=1S/C18H20N4O4/c1-4-9-20-18(25)21-16(23)12-26-17(24)14(11-19)10-13-5-7-15(8-6-13)22(2)3/h4-8,10H,1,9,12H2,2-3H3,(H2,20,21,23,25). The molecular weight excluding hydrogens is 336 g/mol. The maximum atomic E-state index is 11.9. The molecule has 8 nitrogen and oxygen atoms in total. The highest BCUT2D eigenvalue weighted by Gasteiger charge is 2.14. The van der Waals surface area contributed by atoms with Crippen LogP contribution in [-0.2, 0) is 14.3 Å². The Kier molecular flexibility index (Phi) is 8.10. The van der Waals surface area contributed by atoms with Crippen molar-refractivity contribution < 1.29 is 19.1 Å². The number of nitrogens with one attached hydrogen (secondary N) is 2. The number of anilines is 1. The Morgan fingerprint density at radius 3 is 2.46 bits per heavy atom. The Balaban J connectivity index is 2.63. The van der Waals surface area contributed by atoms with Gasteiger partial charge >= 0.3 is 12.0 Å². The fraction of sp³-hybridized carbons (Fsp3) is 0.222. The van der Waals surface area contributed by atoms with Crippen molar-refractivity contribution in [1.82, 2.24) is 10.6 Å². The third kappa shape index (κ3) is 6.88. The average Bonchev–Trinajstić information content (AvgIpc) is 2.62. The van der Waals surface area contributed by atoms with Crippen molar-refractivity contribution in [2.75, 3.05) is 32.1 Å². The summed E-state index contributed by atoms with van der Waals surface area (Å²) in [6.07, 6.45) is 2.80. The van der Waals surface area contributed by atoms with Crippen LogP contribution < -0.4 is 15.5 Å². The van der Waals surface area contributed by atoms with E-state index in [9.17, 15) is 14.4 Å². The summed E-state index contributed by atoms with van der Waals surface area (Å²) in [5, 5.41) is 13.4. The summed E-state index contributed by atoms with van der Waals surface area (Å²) >= 11 is 0. The average molecular weight is 356 g/mol. The molecule has 0 spiro atoms. The number of imide groups is 1. The van der Waals surface area contributed by atoms with Crippen LogP contribution >= 0.6 is 0 Å². The normalized spacial score (nSPS) is 10.3. The van der Waals surface area contributed by atoms with Gasteiger partial charge in [-0.15, -0.1) is 6.58 Å². The maximum Gasteiger partial charge on any atom is 0.349 e. The van der Waals surface area contributed by atoms with Gasteiger partial charge in [-0.05, 0) is 23.8 Å². The zero-order valence-electron chi connectivity index (χ0n) is 14.6. The van der Waals surface area contributed by atoms with E-state index >= 15 is 0 Å². The second-order valence-corrected chi connectivity index (χ2v) is 5.28. The number of hydrogen-bond acceptors (Lipinski definition) is 6.